The Bertz CT molecular complexity index is 1180. The lowest BCUT2D eigenvalue weighted by Gasteiger charge is -2.41. The van der Waals surface area contributed by atoms with Crippen LogP contribution in [0.3, 0.4) is 0 Å². The molecular weight excluding hydrogens is 859 g/mol. The van der Waals surface area contributed by atoms with Crippen LogP contribution in [0, 0.1) is 0 Å². The fourth-order valence-corrected chi connectivity index (χ4v) is 9.85. The molecule has 1 rings (SSSR count). The molecule has 0 aliphatic carbocycles. The van der Waals surface area contributed by atoms with Crippen LogP contribution in [0.2, 0.25) is 0 Å². The standard InChI is InChI=1S/C53H105NO11S/c1-3-5-7-9-11-13-15-17-19-20-21-22-23-24-25-26-27-28-29-30-32-34-36-38-40-42-47(56)46(45-63-53-51(59)52(65-66(60,61)62)50(58)48(44-55)64-53)54-49(57)43-41-39-37-35-33-31-18-16-14-12-10-8-6-4-2/h46-48,50-53,55-56,58-59H,3-45H2,1-2H3,(H,54,57)(H,60,61,62). The molecule has 0 spiro atoms. The SMILES string of the molecule is CCCCCCCCCCCCCCCCCCCCCCCCCCCC(O)C(COC1OC(CO)C(O)C(OS(=O)(=O)O)C1O)NC(=O)CCCCCCCCCCCCCCCC. The number of aliphatic hydroxyl groups is 4. The molecule has 0 saturated carbocycles. The van der Waals surface area contributed by atoms with Crippen molar-refractivity contribution in [2.75, 3.05) is 13.2 Å². The molecule has 1 amide bonds. The number of amides is 1. The van der Waals surface area contributed by atoms with Crippen LogP contribution < -0.4 is 5.32 Å². The molecular formula is C53H105NO11S. The van der Waals surface area contributed by atoms with E-state index in [0.717, 1.165) is 51.4 Å². The van der Waals surface area contributed by atoms with Gasteiger partial charge >= 0.3 is 10.4 Å². The van der Waals surface area contributed by atoms with Gasteiger partial charge in [0.15, 0.2) is 6.29 Å². The van der Waals surface area contributed by atoms with E-state index in [0.29, 0.717) is 12.8 Å². The maximum atomic E-state index is 13.1. The third kappa shape index (κ3) is 36.1. The predicted molar refractivity (Wildman–Crippen MR) is 269 cm³/mol. The highest BCUT2D eigenvalue weighted by Crippen LogP contribution is 2.26. The van der Waals surface area contributed by atoms with Gasteiger partial charge in [0, 0.05) is 6.42 Å². The Labute approximate surface area is 405 Å². The van der Waals surface area contributed by atoms with E-state index in [2.05, 4.69) is 23.3 Å². The highest BCUT2D eigenvalue weighted by Gasteiger charge is 2.48. The van der Waals surface area contributed by atoms with Crippen molar-refractivity contribution >= 4 is 16.3 Å². The summed E-state index contributed by atoms with van der Waals surface area (Å²) in [5, 5.41) is 45.0. The van der Waals surface area contributed by atoms with E-state index >= 15 is 0 Å². The van der Waals surface area contributed by atoms with E-state index in [-0.39, 0.29) is 12.5 Å². The van der Waals surface area contributed by atoms with Gasteiger partial charge in [-0.25, -0.2) is 4.18 Å². The van der Waals surface area contributed by atoms with Crippen molar-refractivity contribution in [1.29, 1.82) is 0 Å². The minimum atomic E-state index is -5.08. The van der Waals surface area contributed by atoms with Crippen LogP contribution >= 0.6 is 0 Å². The first-order chi connectivity index (χ1) is 32.0. The molecule has 0 aromatic carbocycles. The second kappa shape index (κ2) is 44.1. The molecule has 394 valence electrons. The number of nitrogens with one attached hydrogen (secondary N) is 1. The molecule has 7 atom stereocenters. The van der Waals surface area contributed by atoms with Gasteiger partial charge < -0.3 is 35.2 Å². The van der Waals surface area contributed by atoms with Gasteiger partial charge in [0.05, 0.1) is 25.4 Å². The summed E-state index contributed by atoms with van der Waals surface area (Å²) < 4.78 is 47.8. The van der Waals surface area contributed by atoms with Gasteiger partial charge in [0.25, 0.3) is 0 Å². The van der Waals surface area contributed by atoms with Crippen LogP contribution in [-0.4, -0.2) is 95.4 Å². The fourth-order valence-electron chi connectivity index (χ4n) is 9.35. The number of hydrogen-bond acceptors (Lipinski definition) is 10. The van der Waals surface area contributed by atoms with Crippen LogP contribution in [0.15, 0.2) is 0 Å². The smallest absolute Gasteiger partial charge is 0.394 e. The van der Waals surface area contributed by atoms with Crippen molar-refractivity contribution in [2.24, 2.45) is 0 Å². The van der Waals surface area contributed by atoms with Crippen molar-refractivity contribution in [3.63, 3.8) is 0 Å². The summed E-state index contributed by atoms with van der Waals surface area (Å²) in [7, 11) is -5.08. The average Bonchev–Trinajstić information content (AvgIpc) is 3.29. The Morgan fingerprint density at radius 2 is 0.879 bits per heavy atom. The van der Waals surface area contributed by atoms with Crippen LogP contribution in [-0.2, 0) is 28.9 Å². The second-order valence-electron chi connectivity index (χ2n) is 19.9. The molecule has 66 heavy (non-hydrogen) atoms. The Hall–Kier alpha value is -0.900. The molecule has 1 aliphatic heterocycles. The van der Waals surface area contributed by atoms with Crippen molar-refractivity contribution < 1.29 is 51.8 Å². The van der Waals surface area contributed by atoms with Crippen molar-refractivity contribution in [3.05, 3.63) is 0 Å². The number of carbonyl (C=O) groups excluding carboxylic acids is 1. The third-order valence-electron chi connectivity index (χ3n) is 13.7. The lowest BCUT2D eigenvalue weighted by Crippen LogP contribution is -2.61. The molecule has 0 bridgehead atoms. The van der Waals surface area contributed by atoms with E-state index < -0.39 is 59.9 Å². The summed E-state index contributed by atoms with van der Waals surface area (Å²) in [6, 6.07) is -0.852. The first-order valence-corrected chi connectivity index (χ1v) is 29.3. The molecule has 6 N–H and O–H groups in total. The molecule has 1 aliphatic rings. The predicted octanol–water partition coefficient (Wildman–Crippen LogP) is 12.5. The second-order valence-corrected chi connectivity index (χ2v) is 20.9. The van der Waals surface area contributed by atoms with Gasteiger partial charge in [-0.3, -0.25) is 9.35 Å². The number of aliphatic hydroxyl groups excluding tert-OH is 4. The molecule has 1 heterocycles. The van der Waals surface area contributed by atoms with Gasteiger partial charge in [-0.2, -0.15) is 8.42 Å². The molecule has 1 saturated heterocycles. The zero-order valence-corrected chi connectivity index (χ0v) is 43.4. The fraction of sp³-hybridized carbons (Fsp3) is 0.981. The molecule has 1 fully saturated rings. The molecule has 0 aromatic rings. The summed E-state index contributed by atoms with van der Waals surface area (Å²) in [5.74, 6) is -0.224. The van der Waals surface area contributed by atoms with Gasteiger partial charge in [-0.1, -0.05) is 258 Å². The summed E-state index contributed by atoms with van der Waals surface area (Å²) in [6.45, 7) is 3.49. The zero-order chi connectivity index (χ0) is 48.4. The van der Waals surface area contributed by atoms with Crippen LogP contribution in [0.5, 0.6) is 0 Å². The average molecular weight is 964 g/mol. The third-order valence-corrected chi connectivity index (χ3v) is 14.1. The summed E-state index contributed by atoms with van der Waals surface area (Å²) >= 11 is 0. The highest BCUT2D eigenvalue weighted by atomic mass is 32.3. The van der Waals surface area contributed by atoms with Crippen molar-refractivity contribution in [1.82, 2.24) is 5.32 Å². The number of unbranched alkanes of at least 4 members (excludes halogenated alkanes) is 37. The van der Waals surface area contributed by atoms with Gasteiger partial charge in [0.1, 0.15) is 24.4 Å². The van der Waals surface area contributed by atoms with E-state index in [1.165, 1.54) is 199 Å². The number of carbonyl (C=O) groups is 1. The van der Waals surface area contributed by atoms with E-state index in [4.69, 9.17) is 9.47 Å². The normalized spacial score (nSPS) is 19.9. The van der Waals surface area contributed by atoms with E-state index in [9.17, 15) is 38.2 Å². The lowest BCUT2D eigenvalue weighted by atomic mass is 9.99. The topological polar surface area (TPSA) is 192 Å². The maximum absolute atomic E-state index is 13.1. The number of hydrogen-bond donors (Lipinski definition) is 6. The molecule has 12 nitrogen and oxygen atoms in total. The van der Waals surface area contributed by atoms with Crippen LogP contribution in [0.4, 0.5) is 0 Å². The summed E-state index contributed by atoms with van der Waals surface area (Å²) in [5.41, 5.74) is 0. The minimum Gasteiger partial charge on any atom is -0.394 e. The highest BCUT2D eigenvalue weighted by molar-refractivity contribution is 7.80. The van der Waals surface area contributed by atoms with Crippen LogP contribution in [0.1, 0.15) is 277 Å². The Kier molecular flexibility index (Phi) is 42.1. The monoisotopic (exact) mass is 964 g/mol. The molecule has 7 unspecified atom stereocenters. The molecule has 0 aromatic heterocycles. The Morgan fingerprint density at radius 3 is 1.21 bits per heavy atom. The van der Waals surface area contributed by atoms with Crippen molar-refractivity contribution in [3.8, 4) is 0 Å². The Balaban J connectivity index is 2.33. The molecule has 13 heteroatoms. The van der Waals surface area contributed by atoms with E-state index in [1.807, 2.05) is 0 Å². The van der Waals surface area contributed by atoms with Gasteiger partial charge in [-0.05, 0) is 12.8 Å². The minimum absolute atomic E-state index is 0.224. The molecule has 0 radical (unpaired) electrons. The van der Waals surface area contributed by atoms with Gasteiger partial charge in [-0.15, -0.1) is 0 Å². The number of ether oxygens (including phenoxy) is 2. The summed E-state index contributed by atoms with van der Waals surface area (Å²) in [4.78, 5) is 13.1. The van der Waals surface area contributed by atoms with Gasteiger partial charge in [0.2, 0.25) is 5.91 Å². The first kappa shape index (κ1) is 63.1. The zero-order valence-electron chi connectivity index (χ0n) is 42.5. The summed E-state index contributed by atoms with van der Waals surface area (Å²) in [6.07, 6.45) is 41.1. The van der Waals surface area contributed by atoms with Crippen molar-refractivity contribution in [2.45, 2.75) is 320 Å². The lowest BCUT2D eigenvalue weighted by molar-refractivity contribution is -0.298. The van der Waals surface area contributed by atoms with Crippen LogP contribution in [0.25, 0.3) is 0 Å². The number of rotatable bonds is 49. The largest absolute Gasteiger partial charge is 0.397 e. The van der Waals surface area contributed by atoms with E-state index in [1.54, 1.807) is 0 Å². The quantitative estimate of drug-likeness (QED) is 0.0251. The Morgan fingerprint density at radius 1 is 0.545 bits per heavy atom. The maximum Gasteiger partial charge on any atom is 0.397 e. The first-order valence-electron chi connectivity index (χ1n) is 27.9.